The molecule has 0 aliphatic heterocycles. The molecule has 5 heteroatoms. The molecule has 0 unspecified atom stereocenters. The van der Waals surface area contributed by atoms with Crippen LogP contribution in [0.4, 0.5) is 0 Å². The molecular formula is C18H27ClN2O2. The molecule has 0 heterocycles. The second-order valence-corrected chi connectivity index (χ2v) is 9.43. The van der Waals surface area contributed by atoms with Gasteiger partial charge in [-0.1, -0.05) is 12.8 Å². The zero-order chi connectivity index (χ0) is 16.1. The number of amides is 2. The van der Waals surface area contributed by atoms with Gasteiger partial charge in [0.25, 0.3) is 0 Å². The van der Waals surface area contributed by atoms with Gasteiger partial charge in [0.2, 0.25) is 11.8 Å². The molecule has 2 atom stereocenters. The average molecular weight is 339 g/mol. The molecule has 23 heavy (non-hydrogen) atoms. The van der Waals surface area contributed by atoms with E-state index in [1.807, 2.05) is 0 Å². The standard InChI is InChI=1S/C18H27ClN2O2/c19-18-8-12-5-13(9-18)7-17(6-12,11-18)16(23)20-10-15(22)21-14-3-1-2-4-14/h12-14H,1-11H2,(H,20,23)(H,21,22)/t12-,13-,17?,18?/m0/s1. The minimum atomic E-state index is -0.306. The van der Waals surface area contributed by atoms with Crippen molar-refractivity contribution in [1.29, 1.82) is 0 Å². The van der Waals surface area contributed by atoms with Crippen molar-refractivity contribution >= 4 is 23.4 Å². The summed E-state index contributed by atoms with van der Waals surface area (Å²) < 4.78 is 0. The molecule has 0 radical (unpaired) electrons. The number of nitrogens with one attached hydrogen (secondary N) is 2. The first-order chi connectivity index (χ1) is 11.0. The fraction of sp³-hybridized carbons (Fsp3) is 0.889. The van der Waals surface area contributed by atoms with Crippen LogP contribution in [-0.4, -0.2) is 29.3 Å². The summed E-state index contributed by atoms with van der Waals surface area (Å²) in [5.41, 5.74) is -0.306. The Labute approximate surface area is 143 Å². The van der Waals surface area contributed by atoms with Gasteiger partial charge < -0.3 is 10.6 Å². The first kappa shape index (κ1) is 15.7. The van der Waals surface area contributed by atoms with Gasteiger partial charge >= 0.3 is 0 Å². The Bertz CT molecular complexity index is 501. The topological polar surface area (TPSA) is 58.2 Å². The maximum absolute atomic E-state index is 12.8. The number of carbonyl (C=O) groups excluding carboxylic acids is 2. The maximum Gasteiger partial charge on any atom is 0.239 e. The quantitative estimate of drug-likeness (QED) is 0.774. The van der Waals surface area contributed by atoms with Crippen LogP contribution >= 0.6 is 11.6 Å². The van der Waals surface area contributed by atoms with Gasteiger partial charge in [0.05, 0.1) is 12.0 Å². The highest BCUT2D eigenvalue weighted by Crippen LogP contribution is 2.63. The predicted molar refractivity (Wildman–Crippen MR) is 89.1 cm³/mol. The molecule has 0 saturated heterocycles. The Balaban J connectivity index is 1.34. The average Bonchev–Trinajstić information content (AvgIpc) is 2.95. The summed E-state index contributed by atoms with van der Waals surface area (Å²) in [7, 11) is 0. The number of alkyl halides is 1. The van der Waals surface area contributed by atoms with Crippen molar-refractivity contribution in [3.05, 3.63) is 0 Å². The molecule has 5 aliphatic rings. The van der Waals surface area contributed by atoms with Gasteiger partial charge in [-0.2, -0.15) is 0 Å². The Morgan fingerprint density at radius 1 is 1.04 bits per heavy atom. The van der Waals surface area contributed by atoms with Gasteiger partial charge in [-0.3, -0.25) is 9.59 Å². The van der Waals surface area contributed by atoms with E-state index in [-0.39, 0.29) is 28.6 Å². The number of carbonyl (C=O) groups is 2. The van der Waals surface area contributed by atoms with Gasteiger partial charge in [-0.15, -0.1) is 11.6 Å². The van der Waals surface area contributed by atoms with Crippen LogP contribution in [0, 0.1) is 17.3 Å². The largest absolute Gasteiger partial charge is 0.352 e. The van der Waals surface area contributed by atoms with Gasteiger partial charge in [-0.05, 0) is 63.2 Å². The van der Waals surface area contributed by atoms with E-state index in [4.69, 9.17) is 11.6 Å². The third-order valence-corrected chi connectivity index (χ3v) is 7.04. The molecule has 0 aromatic carbocycles. The lowest BCUT2D eigenvalue weighted by Crippen LogP contribution is -2.59. The van der Waals surface area contributed by atoms with E-state index in [2.05, 4.69) is 10.6 Å². The summed E-state index contributed by atoms with van der Waals surface area (Å²) >= 11 is 6.78. The van der Waals surface area contributed by atoms with E-state index >= 15 is 0 Å². The van der Waals surface area contributed by atoms with E-state index in [1.54, 1.807) is 0 Å². The lowest BCUT2D eigenvalue weighted by molar-refractivity contribution is -0.145. The van der Waals surface area contributed by atoms with Crippen molar-refractivity contribution in [2.45, 2.75) is 75.1 Å². The monoisotopic (exact) mass is 338 g/mol. The van der Waals surface area contributed by atoms with E-state index < -0.39 is 0 Å². The summed E-state index contributed by atoms with van der Waals surface area (Å²) in [4.78, 5) is 24.7. The normalized spacial score (nSPS) is 42.0. The Morgan fingerprint density at radius 2 is 1.70 bits per heavy atom. The second-order valence-electron chi connectivity index (χ2n) is 8.62. The SMILES string of the molecule is O=C(CNC(=O)C12C[C@@H]3C[C@H](CC(Cl)(C3)C1)C2)NC1CCCC1. The lowest BCUT2D eigenvalue weighted by atomic mass is 9.49. The maximum atomic E-state index is 12.8. The lowest BCUT2D eigenvalue weighted by Gasteiger charge is -2.59. The first-order valence-electron chi connectivity index (χ1n) is 9.23. The van der Waals surface area contributed by atoms with Crippen LogP contribution in [0.15, 0.2) is 0 Å². The number of rotatable bonds is 4. The van der Waals surface area contributed by atoms with Crippen LogP contribution in [0.25, 0.3) is 0 Å². The van der Waals surface area contributed by atoms with Crippen LogP contribution in [0.5, 0.6) is 0 Å². The predicted octanol–water partition coefficient (Wildman–Crippen LogP) is 2.74. The molecule has 0 aromatic rings. The molecule has 2 N–H and O–H groups in total. The first-order valence-corrected chi connectivity index (χ1v) is 9.61. The van der Waals surface area contributed by atoms with Crippen molar-refractivity contribution in [3.63, 3.8) is 0 Å². The molecule has 5 rings (SSSR count). The summed E-state index contributed by atoms with van der Waals surface area (Å²) in [5.74, 6) is 1.23. The molecule has 4 nitrogen and oxygen atoms in total. The van der Waals surface area contributed by atoms with Crippen molar-refractivity contribution in [2.75, 3.05) is 6.54 Å². The third kappa shape index (κ3) is 2.99. The fourth-order valence-corrected chi connectivity index (χ4v) is 6.81. The molecule has 5 aliphatic carbocycles. The minimum Gasteiger partial charge on any atom is -0.352 e. The number of hydrogen-bond acceptors (Lipinski definition) is 2. The highest BCUT2D eigenvalue weighted by atomic mass is 35.5. The van der Waals surface area contributed by atoms with E-state index in [1.165, 1.54) is 19.3 Å². The van der Waals surface area contributed by atoms with Crippen LogP contribution in [-0.2, 0) is 9.59 Å². The zero-order valence-electron chi connectivity index (χ0n) is 13.7. The smallest absolute Gasteiger partial charge is 0.239 e. The molecule has 0 spiro atoms. The summed E-state index contributed by atoms with van der Waals surface area (Å²) in [6, 6.07) is 0.310. The Morgan fingerprint density at radius 3 is 2.30 bits per heavy atom. The Hall–Kier alpha value is -0.770. The minimum absolute atomic E-state index is 0.0458. The number of halogens is 1. The fourth-order valence-electron chi connectivity index (χ4n) is 6.11. The molecule has 4 bridgehead atoms. The van der Waals surface area contributed by atoms with Gasteiger partial charge in [-0.25, -0.2) is 0 Å². The highest BCUT2D eigenvalue weighted by molar-refractivity contribution is 6.24. The summed E-state index contributed by atoms with van der Waals surface area (Å²) in [6.07, 6.45) is 10.6. The third-order valence-electron chi connectivity index (χ3n) is 6.60. The Kier molecular flexibility index (Phi) is 3.86. The second kappa shape index (κ2) is 5.65. The van der Waals surface area contributed by atoms with Crippen LogP contribution in [0.3, 0.4) is 0 Å². The molecule has 5 fully saturated rings. The molecular weight excluding hydrogens is 312 g/mol. The summed E-state index contributed by atoms with van der Waals surface area (Å²) in [5, 5.41) is 5.96. The van der Waals surface area contributed by atoms with E-state index in [0.29, 0.717) is 17.9 Å². The molecule has 128 valence electrons. The summed E-state index contributed by atoms with van der Waals surface area (Å²) in [6.45, 7) is 0.113. The van der Waals surface area contributed by atoms with Crippen LogP contribution < -0.4 is 10.6 Å². The zero-order valence-corrected chi connectivity index (χ0v) is 14.5. The van der Waals surface area contributed by atoms with Crippen molar-refractivity contribution < 1.29 is 9.59 Å². The van der Waals surface area contributed by atoms with Crippen molar-refractivity contribution in [3.8, 4) is 0 Å². The highest BCUT2D eigenvalue weighted by Gasteiger charge is 2.60. The van der Waals surface area contributed by atoms with Gasteiger partial charge in [0.1, 0.15) is 0 Å². The molecule has 5 saturated carbocycles. The van der Waals surface area contributed by atoms with Crippen LogP contribution in [0.1, 0.15) is 64.2 Å². The van der Waals surface area contributed by atoms with Gasteiger partial charge in [0, 0.05) is 10.9 Å². The van der Waals surface area contributed by atoms with Crippen LogP contribution in [0.2, 0.25) is 0 Å². The molecule has 0 aromatic heterocycles. The van der Waals surface area contributed by atoms with E-state index in [9.17, 15) is 9.59 Å². The van der Waals surface area contributed by atoms with Crippen molar-refractivity contribution in [1.82, 2.24) is 10.6 Å². The van der Waals surface area contributed by atoms with Gasteiger partial charge in [0.15, 0.2) is 0 Å². The molecule has 2 amide bonds. The number of hydrogen-bond donors (Lipinski definition) is 2. The van der Waals surface area contributed by atoms with E-state index in [0.717, 1.165) is 44.9 Å². The van der Waals surface area contributed by atoms with Crippen molar-refractivity contribution in [2.24, 2.45) is 17.3 Å².